The summed E-state index contributed by atoms with van der Waals surface area (Å²) in [6.45, 7) is -0.669. The summed E-state index contributed by atoms with van der Waals surface area (Å²) in [6, 6.07) is 9.76. The van der Waals surface area contributed by atoms with Gasteiger partial charge in [-0.1, -0.05) is 47.5 Å². The Kier molecular flexibility index (Phi) is 9.57. The molecule has 0 spiro atoms. The molecule has 4 rings (SSSR count). The van der Waals surface area contributed by atoms with E-state index in [9.17, 15) is 18.3 Å². The lowest BCUT2D eigenvalue weighted by Crippen LogP contribution is -2.38. The first-order chi connectivity index (χ1) is 19.4. The van der Waals surface area contributed by atoms with Crippen LogP contribution in [0, 0.1) is 0 Å². The molecule has 1 aromatic heterocycles. The van der Waals surface area contributed by atoms with Crippen molar-refractivity contribution < 1.29 is 32.9 Å². The van der Waals surface area contributed by atoms with Crippen LogP contribution in [0.3, 0.4) is 0 Å². The molecule has 0 bridgehead atoms. The predicted octanol–water partition coefficient (Wildman–Crippen LogP) is 2.55. The van der Waals surface area contributed by atoms with Gasteiger partial charge in [0.2, 0.25) is 21.9 Å². The van der Waals surface area contributed by atoms with E-state index in [-0.39, 0.29) is 39.7 Å². The van der Waals surface area contributed by atoms with Crippen LogP contribution in [-0.2, 0) is 16.4 Å². The number of carbonyl (C=O) groups excluding carboxylic acids is 1. The van der Waals surface area contributed by atoms with Crippen LogP contribution >= 0.6 is 23.2 Å². The van der Waals surface area contributed by atoms with Gasteiger partial charge in [-0.25, -0.2) is 13.4 Å². The van der Waals surface area contributed by atoms with Crippen molar-refractivity contribution in [2.75, 3.05) is 38.9 Å². The number of likely N-dealkylation sites (N-methyl/N-ethyl adjacent to an activating group) is 1. The van der Waals surface area contributed by atoms with Gasteiger partial charge in [0, 0.05) is 20.0 Å². The molecular formula is C26H29Cl2N5O7S. The number of carbonyl (C=O) groups is 1. The number of methoxy groups -OCH3 is 1. The van der Waals surface area contributed by atoms with E-state index < -0.39 is 40.8 Å². The van der Waals surface area contributed by atoms with E-state index in [1.165, 1.54) is 36.8 Å². The van der Waals surface area contributed by atoms with E-state index in [0.29, 0.717) is 12.1 Å². The van der Waals surface area contributed by atoms with E-state index in [1.807, 2.05) is 24.3 Å². The van der Waals surface area contributed by atoms with Crippen LogP contribution in [-0.4, -0.2) is 84.6 Å². The number of nitrogens with one attached hydrogen (secondary N) is 2. The van der Waals surface area contributed by atoms with Crippen molar-refractivity contribution >= 4 is 50.8 Å². The Morgan fingerprint density at radius 1 is 1.24 bits per heavy atom. The highest BCUT2D eigenvalue weighted by atomic mass is 35.5. The van der Waals surface area contributed by atoms with E-state index >= 15 is 0 Å². The van der Waals surface area contributed by atoms with Gasteiger partial charge in [-0.05, 0) is 23.3 Å². The Balaban J connectivity index is 1.58. The molecular weight excluding hydrogens is 597 g/mol. The summed E-state index contributed by atoms with van der Waals surface area (Å²) in [4.78, 5) is 21.1. The summed E-state index contributed by atoms with van der Waals surface area (Å²) in [5.74, 6) is -0.218. The molecule has 0 saturated carbocycles. The number of rotatable bonds is 11. The zero-order valence-corrected chi connectivity index (χ0v) is 24.7. The number of aromatic nitrogens is 2. The second-order valence-electron chi connectivity index (χ2n) is 9.33. The molecule has 1 heterocycles. The summed E-state index contributed by atoms with van der Waals surface area (Å²) < 4.78 is 37.7. The first kappa shape index (κ1) is 30.8. The third kappa shape index (κ3) is 7.00. The van der Waals surface area contributed by atoms with Crippen molar-refractivity contribution in [3.05, 3.63) is 69.3 Å². The van der Waals surface area contributed by atoms with Gasteiger partial charge in [0.1, 0.15) is 16.9 Å². The Labute approximate surface area is 247 Å². The maximum Gasteiger partial charge on any atom is 0.253 e. The lowest BCUT2D eigenvalue weighted by Gasteiger charge is -2.28. The number of ether oxygens (including phenoxy) is 2. The van der Waals surface area contributed by atoms with E-state index in [1.54, 1.807) is 0 Å². The highest BCUT2D eigenvalue weighted by Gasteiger charge is 2.40. The number of amides is 1. The molecule has 3 aromatic rings. The molecule has 0 aliphatic heterocycles. The van der Waals surface area contributed by atoms with Gasteiger partial charge in [0.25, 0.3) is 5.91 Å². The van der Waals surface area contributed by atoms with Crippen molar-refractivity contribution in [1.82, 2.24) is 19.6 Å². The molecule has 41 heavy (non-hydrogen) atoms. The number of fused-ring (bicyclic) bond motifs is 1. The number of nitrogens with zero attached hydrogens (tertiary/aromatic N) is 3. The minimum atomic E-state index is -3.55. The molecule has 1 amide bonds. The zero-order valence-electron chi connectivity index (χ0n) is 22.3. The van der Waals surface area contributed by atoms with Crippen LogP contribution in [0.25, 0.3) is 0 Å². The number of aliphatic hydroxyl groups excluding tert-OH is 2. The van der Waals surface area contributed by atoms with Crippen LogP contribution < -0.4 is 20.1 Å². The molecule has 0 fully saturated rings. The minimum Gasteiger partial charge on any atom is -0.495 e. The van der Waals surface area contributed by atoms with Gasteiger partial charge < -0.3 is 30.3 Å². The van der Waals surface area contributed by atoms with Crippen LogP contribution in [0.5, 0.6) is 11.6 Å². The fraction of sp³-hybridized carbons (Fsp3) is 0.346. The standard InChI is InChI=1S/C26H29Cl2N5O7S/c1-33(41(3,37)38)23-16-7-5-4-6-14(16)8-22(23)40-25-19(28)12-30-26(32-25)31-20-10-18(27)17(9-21(20)39-2)24(36)29-11-15(35)13-34/h4-7,9-10,12,15,22-23,34-35H,8,11,13H2,1-3H3,(H,29,36)(H,30,31,32)/t15-,22-,23-/m1/s1. The molecule has 0 unspecified atom stereocenters. The number of hydrogen-bond donors (Lipinski definition) is 4. The van der Waals surface area contributed by atoms with E-state index in [4.69, 9.17) is 37.8 Å². The molecule has 12 nitrogen and oxygen atoms in total. The molecule has 0 saturated heterocycles. The van der Waals surface area contributed by atoms with Crippen molar-refractivity contribution in [3.63, 3.8) is 0 Å². The summed E-state index contributed by atoms with van der Waals surface area (Å²) in [5, 5.41) is 24.1. The molecule has 15 heteroatoms. The second-order valence-corrected chi connectivity index (χ2v) is 12.2. The molecule has 4 N–H and O–H groups in total. The average Bonchev–Trinajstić information content (AvgIpc) is 3.30. The number of anilines is 2. The number of benzene rings is 2. The third-order valence-corrected chi connectivity index (χ3v) is 8.37. The summed E-state index contributed by atoms with van der Waals surface area (Å²) >= 11 is 12.7. The van der Waals surface area contributed by atoms with Crippen LogP contribution in [0.4, 0.5) is 11.6 Å². The van der Waals surface area contributed by atoms with Gasteiger partial charge in [-0.2, -0.15) is 9.29 Å². The van der Waals surface area contributed by atoms with Crippen molar-refractivity contribution in [2.45, 2.75) is 24.7 Å². The maximum absolute atomic E-state index is 12.5. The highest BCUT2D eigenvalue weighted by molar-refractivity contribution is 7.88. The van der Waals surface area contributed by atoms with Crippen LogP contribution in [0.1, 0.15) is 27.5 Å². The molecule has 0 radical (unpaired) electrons. The topological polar surface area (TPSA) is 163 Å². The van der Waals surface area contributed by atoms with Gasteiger partial charge in [-0.15, -0.1) is 0 Å². The molecule has 2 aromatic carbocycles. The molecule has 220 valence electrons. The molecule has 1 aliphatic carbocycles. The normalized spacial score (nSPS) is 17.2. The van der Waals surface area contributed by atoms with Gasteiger partial charge in [0.15, 0.2) is 0 Å². The zero-order chi connectivity index (χ0) is 29.9. The average molecular weight is 627 g/mol. The molecule has 3 atom stereocenters. The Morgan fingerprint density at radius 3 is 2.66 bits per heavy atom. The Hall–Kier alpha value is -3.20. The maximum atomic E-state index is 12.5. The largest absolute Gasteiger partial charge is 0.495 e. The third-order valence-electron chi connectivity index (χ3n) is 6.53. The number of halogens is 2. The van der Waals surface area contributed by atoms with E-state index in [2.05, 4.69) is 20.6 Å². The quantitative estimate of drug-likeness (QED) is 0.249. The predicted molar refractivity (Wildman–Crippen MR) is 154 cm³/mol. The van der Waals surface area contributed by atoms with Crippen molar-refractivity contribution in [3.8, 4) is 11.6 Å². The summed E-state index contributed by atoms with van der Waals surface area (Å²) in [5.41, 5.74) is 2.21. The lowest BCUT2D eigenvalue weighted by atomic mass is 10.1. The first-order valence-electron chi connectivity index (χ1n) is 12.3. The van der Waals surface area contributed by atoms with Crippen LogP contribution in [0.2, 0.25) is 10.0 Å². The highest BCUT2D eigenvalue weighted by Crippen LogP contribution is 2.40. The fourth-order valence-electron chi connectivity index (χ4n) is 4.40. The van der Waals surface area contributed by atoms with Crippen molar-refractivity contribution in [2.24, 2.45) is 0 Å². The second kappa shape index (κ2) is 12.8. The SMILES string of the molecule is COc1cc(C(=O)NC[C@@H](O)CO)c(Cl)cc1Nc1ncc(Cl)c(O[C@@H]2Cc3ccccc3[C@H]2N(C)S(C)(=O)=O)n1. The fourth-order valence-corrected chi connectivity index (χ4v) is 5.45. The number of sulfonamides is 1. The number of hydrogen-bond acceptors (Lipinski definition) is 10. The molecule has 1 aliphatic rings. The summed E-state index contributed by atoms with van der Waals surface area (Å²) in [7, 11) is -0.644. The Bertz CT molecular complexity index is 1540. The van der Waals surface area contributed by atoms with Crippen LogP contribution in [0.15, 0.2) is 42.6 Å². The minimum absolute atomic E-state index is 0.0392. The van der Waals surface area contributed by atoms with Gasteiger partial charge in [-0.3, -0.25) is 4.79 Å². The lowest BCUT2D eigenvalue weighted by molar-refractivity contribution is 0.0802. The monoisotopic (exact) mass is 625 g/mol. The first-order valence-corrected chi connectivity index (χ1v) is 14.9. The van der Waals surface area contributed by atoms with Crippen molar-refractivity contribution in [1.29, 1.82) is 0 Å². The van der Waals surface area contributed by atoms with E-state index in [0.717, 1.165) is 17.4 Å². The Morgan fingerprint density at radius 2 is 1.98 bits per heavy atom. The summed E-state index contributed by atoms with van der Waals surface area (Å²) in [6.07, 6.45) is 1.19. The van der Waals surface area contributed by atoms with Gasteiger partial charge >= 0.3 is 0 Å². The number of aliphatic hydroxyl groups is 2. The smallest absolute Gasteiger partial charge is 0.253 e. The van der Waals surface area contributed by atoms with Gasteiger partial charge in [0.05, 0.1) is 54.6 Å².